The molecule has 0 amide bonds. The predicted octanol–water partition coefficient (Wildman–Crippen LogP) is 2.61. The molecule has 4 heteroatoms. The highest BCUT2D eigenvalue weighted by Gasteiger charge is 2.17. The molecule has 1 aliphatic heterocycles. The summed E-state index contributed by atoms with van der Waals surface area (Å²) < 4.78 is 0. The second kappa shape index (κ2) is 2.55. The maximum atomic E-state index is 10.3. The summed E-state index contributed by atoms with van der Waals surface area (Å²) in [7, 11) is 0. The standard InChI is InChI=1S/C8H3ClN2O/c9-5-2-1-3-6-8(5)7(4-12)11-10-6/h1-3H. The van der Waals surface area contributed by atoms with Gasteiger partial charge in [-0.1, -0.05) is 17.7 Å². The van der Waals surface area contributed by atoms with Crippen molar-refractivity contribution in [2.45, 2.75) is 0 Å². The van der Waals surface area contributed by atoms with Gasteiger partial charge in [-0.15, -0.1) is 10.2 Å². The number of carbonyl (C=O) groups excluding carboxylic acids is 1. The lowest BCUT2D eigenvalue weighted by Gasteiger charge is -1.95. The Kier molecular flexibility index (Phi) is 1.54. The molecule has 1 heterocycles. The molecule has 0 saturated heterocycles. The van der Waals surface area contributed by atoms with Crippen LogP contribution in [0.5, 0.6) is 0 Å². The maximum absolute atomic E-state index is 10.3. The fraction of sp³-hybridized carbons (Fsp3) is 0. The van der Waals surface area contributed by atoms with Crippen LogP contribution in [-0.4, -0.2) is 5.94 Å². The molecule has 0 saturated carbocycles. The average molecular weight is 179 g/mol. The molecule has 58 valence electrons. The Morgan fingerprint density at radius 3 is 2.92 bits per heavy atom. The molecule has 2 rings (SSSR count). The first kappa shape index (κ1) is 7.22. The molecule has 0 spiro atoms. The van der Waals surface area contributed by atoms with Crippen LogP contribution in [0, 0.1) is 0 Å². The summed E-state index contributed by atoms with van der Waals surface area (Å²) >= 11 is 5.82. The van der Waals surface area contributed by atoms with Crippen molar-refractivity contribution in [1.29, 1.82) is 0 Å². The lowest BCUT2D eigenvalue weighted by Crippen LogP contribution is -1.78. The van der Waals surface area contributed by atoms with Gasteiger partial charge in [0.2, 0.25) is 0 Å². The number of fused-ring (bicyclic) bond motifs is 1. The van der Waals surface area contributed by atoms with E-state index in [0.717, 1.165) is 0 Å². The first-order valence-corrected chi connectivity index (χ1v) is 3.66. The van der Waals surface area contributed by atoms with E-state index in [1.807, 2.05) is 0 Å². The van der Waals surface area contributed by atoms with Crippen molar-refractivity contribution in [3.8, 4) is 0 Å². The third kappa shape index (κ3) is 0.881. The minimum Gasteiger partial charge on any atom is -0.231 e. The quantitative estimate of drug-likeness (QED) is 0.563. The van der Waals surface area contributed by atoms with E-state index in [1.54, 1.807) is 24.1 Å². The van der Waals surface area contributed by atoms with Crippen LogP contribution in [-0.2, 0) is 4.79 Å². The van der Waals surface area contributed by atoms with Crippen LogP contribution in [0.3, 0.4) is 0 Å². The summed E-state index contributed by atoms with van der Waals surface area (Å²) in [6, 6.07) is 5.19. The first-order valence-electron chi connectivity index (χ1n) is 3.28. The summed E-state index contributed by atoms with van der Waals surface area (Å²) in [4.78, 5) is 10.3. The van der Waals surface area contributed by atoms with Gasteiger partial charge in [-0.3, -0.25) is 0 Å². The Hall–Kier alpha value is -1.44. The molecule has 1 aliphatic rings. The summed E-state index contributed by atoms with van der Waals surface area (Å²) in [5.41, 5.74) is 1.38. The molecular formula is C8H3ClN2O. The molecule has 0 bridgehead atoms. The average Bonchev–Trinajstić information content (AvgIpc) is 2.49. The molecule has 3 nitrogen and oxygen atoms in total. The SMILES string of the molecule is O=C=C1N=Nc2cccc(Cl)c21. The molecule has 0 fully saturated rings. The van der Waals surface area contributed by atoms with Gasteiger partial charge in [0.25, 0.3) is 0 Å². The predicted molar refractivity (Wildman–Crippen MR) is 45.1 cm³/mol. The number of benzene rings is 1. The van der Waals surface area contributed by atoms with Crippen molar-refractivity contribution < 1.29 is 4.79 Å². The second-order valence-corrected chi connectivity index (χ2v) is 2.69. The Balaban J connectivity index is 2.78. The smallest absolute Gasteiger partial charge is 0.180 e. The molecular weight excluding hydrogens is 176 g/mol. The first-order chi connectivity index (χ1) is 5.83. The Labute approximate surface area is 73.4 Å². The highest BCUT2D eigenvalue weighted by molar-refractivity contribution is 6.33. The maximum Gasteiger partial charge on any atom is 0.180 e. The molecule has 12 heavy (non-hydrogen) atoms. The van der Waals surface area contributed by atoms with E-state index in [4.69, 9.17) is 11.6 Å². The molecule has 0 N–H and O–H groups in total. The van der Waals surface area contributed by atoms with Gasteiger partial charge in [-0.05, 0) is 12.1 Å². The van der Waals surface area contributed by atoms with Crippen LogP contribution in [0.1, 0.15) is 5.56 Å². The number of azo groups is 1. The molecule has 1 aromatic rings. The number of nitrogens with zero attached hydrogens (tertiary/aromatic N) is 2. The normalized spacial score (nSPS) is 12.9. The molecule has 0 aromatic heterocycles. The van der Waals surface area contributed by atoms with Crippen molar-refractivity contribution >= 4 is 28.9 Å². The number of hydrogen-bond donors (Lipinski definition) is 0. The van der Waals surface area contributed by atoms with Gasteiger partial charge in [-0.25, -0.2) is 4.79 Å². The van der Waals surface area contributed by atoms with Crippen LogP contribution in [0.4, 0.5) is 5.69 Å². The van der Waals surface area contributed by atoms with Gasteiger partial charge in [-0.2, -0.15) is 0 Å². The third-order valence-electron chi connectivity index (χ3n) is 1.58. The zero-order valence-electron chi connectivity index (χ0n) is 5.91. The van der Waals surface area contributed by atoms with Crippen molar-refractivity contribution in [2.24, 2.45) is 10.2 Å². The lowest BCUT2D eigenvalue weighted by molar-refractivity contribution is 0.569. The van der Waals surface area contributed by atoms with Crippen LogP contribution in [0.25, 0.3) is 5.70 Å². The van der Waals surface area contributed by atoms with E-state index in [-0.39, 0.29) is 5.70 Å². The summed E-state index contributed by atoms with van der Waals surface area (Å²) in [6.07, 6.45) is 0. The summed E-state index contributed by atoms with van der Waals surface area (Å²) in [6.45, 7) is 0. The highest BCUT2D eigenvalue weighted by Crippen LogP contribution is 2.37. The molecule has 0 atom stereocenters. The van der Waals surface area contributed by atoms with E-state index in [9.17, 15) is 4.79 Å². The fourth-order valence-corrected chi connectivity index (χ4v) is 1.31. The molecule has 1 aromatic carbocycles. The molecule has 0 unspecified atom stereocenters. The zero-order chi connectivity index (χ0) is 8.55. The van der Waals surface area contributed by atoms with Gasteiger partial charge in [0.1, 0.15) is 0 Å². The summed E-state index contributed by atoms with van der Waals surface area (Å²) in [5.74, 6) is 1.68. The number of halogens is 1. The monoisotopic (exact) mass is 178 g/mol. The fourth-order valence-electron chi connectivity index (χ4n) is 1.06. The van der Waals surface area contributed by atoms with Gasteiger partial charge in [0, 0.05) is 0 Å². The second-order valence-electron chi connectivity index (χ2n) is 2.28. The molecule has 0 aliphatic carbocycles. The van der Waals surface area contributed by atoms with Gasteiger partial charge < -0.3 is 0 Å². The highest BCUT2D eigenvalue weighted by atomic mass is 35.5. The van der Waals surface area contributed by atoms with Crippen LogP contribution in [0.2, 0.25) is 5.02 Å². The van der Waals surface area contributed by atoms with Crippen molar-refractivity contribution in [3.05, 3.63) is 28.8 Å². The zero-order valence-corrected chi connectivity index (χ0v) is 6.67. The van der Waals surface area contributed by atoms with Gasteiger partial charge in [0.15, 0.2) is 11.6 Å². The van der Waals surface area contributed by atoms with Crippen molar-refractivity contribution in [1.82, 2.24) is 0 Å². The summed E-state index contributed by atoms with van der Waals surface area (Å²) in [5, 5.41) is 7.85. The van der Waals surface area contributed by atoms with Crippen LogP contribution < -0.4 is 0 Å². The number of rotatable bonds is 0. The topological polar surface area (TPSA) is 41.8 Å². The molecule has 0 radical (unpaired) electrons. The van der Waals surface area contributed by atoms with Crippen molar-refractivity contribution in [3.63, 3.8) is 0 Å². The lowest BCUT2D eigenvalue weighted by atomic mass is 10.1. The van der Waals surface area contributed by atoms with E-state index in [0.29, 0.717) is 16.3 Å². The largest absolute Gasteiger partial charge is 0.231 e. The Morgan fingerprint density at radius 2 is 2.17 bits per heavy atom. The van der Waals surface area contributed by atoms with Crippen molar-refractivity contribution in [2.75, 3.05) is 0 Å². The van der Waals surface area contributed by atoms with Crippen LogP contribution >= 0.6 is 11.6 Å². The van der Waals surface area contributed by atoms with E-state index < -0.39 is 0 Å². The van der Waals surface area contributed by atoms with Gasteiger partial charge in [0.05, 0.1) is 16.3 Å². The Morgan fingerprint density at radius 1 is 1.33 bits per heavy atom. The van der Waals surface area contributed by atoms with Gasteiger partial charge >= 0.3 is 0 Å². The minimum absolute atomic E-state index is 0.176. The number of hydrogen-bond acceptors (Lipinski definition) is 3. The Bertz CT molecular complexity index is 419. The van der Waals surface area contributed by atoms with E-state index >= 15 is 0 Å². The minimum atomic E-state index is 0.176. The van der Waals surface area contributed by atoms with E-state index in [1.165, 1.54) is 0 Å². The van der Waals surface area contributed by atoms with E-state index in [2.05, 4.69) is 10.2 Å². The van der Waals surface area contributed by atoms with Crippen LogP contribution in [0.15, 0.2) is 28.4 Å². The third-order valence-corrected chi connectivity index (χ3v) is 1.90.